The van der Waals surface area contributed by atoms with Crippen molar-refractivity contribution in [3.63, 3.8) is 0 Å². The van der Waals surface area contributed by atoms with E-state index in [1.54, 1.807) is 24.4 Å². The molecular weight excluding hydrogens is 494 g/mol. The Morgan fingerprint density at radius 2 is 1.81 bits per heavy atom. The zero-order valence-corrected chi connectivity index (χ0v) is 22.7. The van der Waals surface area contributed by atoms with Crippen LogP contribution in [0.3, 0.4) is 0 Å². The summed E-state index contributed by atoms with van der Waals surface area (Å²) >= 11 is 0. The summed E-state index contributed by atoms with van der Waals surface area (Å²) in [6, 6.07) is 16.5. The number of rotatable bonds is 10. The van der Waals surface area contributed by atoms with Gasteiger partial charge in [-0.1, -0.05) is 25.7 Å². The van der Waals surface area contributed by atoms with Crippen LogP contribution in [0.1, 0.15) is 5.56 Å². The van der Waals surface area contributed by atoms with Crippen molar-refractivity contribution in [2.45, 2.75) is 43.9 Å². The quantitative estimate of drug-likeness (QED) is 0.227. The second-order valence-corrected chi connectivity index (χ2v) is 17.5. The van der Waals surface area contributed by atoms with Crippen LogP contribution in [-0.4, -0.2) is 49.0 Å². The number of aromatic nitrogens is 3. The Morgan fingerprint density at radius 3 is 2.42 bits per heavy atom. The Morgan fingerprint density at radius 1 is 1.06 bits per heavy atom. The molecule has 2 aromatic heterocycles. The van der Waals surface area contributed by atoms with Gasteiger partial charge in [-0.3, -0.25) is 9.55 Å². The Hall–Kier alpha value is -3.05. The molecular formula is C26H31N3O5SSi. The molecule has 1 N–H and O–H groups in total. The summed E-state index contributed by atoms with van der Waals surface area (Å²) in [4.78, 5) is 9.48. The maximum absolute atomic E-state index is 11.8. The van der Waals surface area contributed by atoms with Gasteiger partial charge >= 0.3 is 0 Å². The lowest BCUT2D eigenvalue weighted by Gasteiger charge is -2.16. The van der Waals surface area contributed by atoms with Crippen LogP contribution in [0.4, 0.5) is 0 Å². The summed E-state index contributed by atoms with van der Waals surface area (Å²) in [7, 11) is -4.55. The Balaban J connectivity index is 1.73. The molecule has 0 aliphatic heterocycles. The standard InChI is InChI=1S/C26H31N3O5SSi/c1-35(31,32)21-10-8-20(9-11-21)34-25-16-24-23(15-19(25)17-30)28-26(22-7-5-6-12-27-22)29(24)18-33-13-14-36(2,3)4/h5-12,15-16,30H,13-14,17-18H2,1-4H3. The number of aliphatic hydroxyl groups excluding tert-OH is 1. The molecule has 0 atom stereocenters. The van der Waals surface area contributed by atoms with Crippen LogP contribution in [0.2, 0.25) is 25.7 Å². The average Bonchev–Trinajstić information content (AvgIpc) is 3.18. The first-order valence-corrected chi connectivity index (χ1v) is 17.3. The van der Waals surface area contributed by atoms with E-state index in [1.165, 1.54) is 12.1 Å². The average molecular weight is 526 g/mol. The second-order valence-electron chi connectivity index (χ2n) is 9.88. The lowest BCUT2D eigenvalue weighted by atomic mass is 10.2. The van der Waals surface area contributed by atoms with E-state index in [0.717, 1.165) is 17.8 Å². The van der Waals surface area contributed by atoms with Gasteiger partial charge in [-0.25, -0.2) is 13.4 Å². The molecule has 0 aliphatic rings. The number of imidazole rings is 1. The van der Waals surface area contributed by atoms with Gasteiger partial charge in [0, 0.05) is 38.8 Å². The van der Waals surface area contributed by atoms with Gasteiger partial charge in [-0.15, -0.1) is 0 Å². The number of hydrogen-bond acceptors (Lipinski definition) is 7. The molecule has 0 aliphatic carbocycles. The first-order chi connectivity index (χ1) is 17.0. The maximum atomic E-state index is 11.8. The number of nitrogens with zero attached hydrogens (tertiary/aromatic N) is 3. The molecule has 2 heterocycles. The van der Waals surface area contributed by atoms with Gasteiger partial charge in [-0.05, 0) is 48.5 Å². The van der Waals surface area contributed by atoms with E-state index < -0.39 is 17.9 Å². The van der Waals surface area contributed by atoms with Crippen LogP contribution in [-0.2, 0) is 27.9 Å². The van der Waals surface area contributed by atoms with E-state index in [1.807, 2.05) is 28.8 Å². The van der Waals surface area contributed by atoms with Crippen molar-refractivity contribution < 1.29 is 23.0 Å². The number of sulfone groups is 1. The fraction of sp³-hybridized carbons (Fsp3) is 0.308. The lowest BCUT2D eigenvalue weighted by molar-refractivity contribution is 0.0909. The minimum atomic E-state index is -3.31. The number of benzene rings is 2. The van der Waals surface area contributed by atoms with Gasteiger partial charge in [0.1, 0.15) is 23.9 Å². The maximum Gasteiger partial charge on any atom is 0.175 e. The minimum absolute atomic E-state index is 0.209. The third-order valence-corrected chi connectivity index (χ3v) is 8.52. The normalized spacial score (nSPS) is 12.2. The summed E-state index contributed by atoms with van der Waals surface area (Å²) in [5, 5.41) is 10.0. The van der Waals surface area contributed by atoms with E-state index in [-0.39, 0.29) is 11.5 Å². The van der Waals surface area contributed by atoms with Crippen molar-refractivity contribution in [3.05, 3.63) is 66.4 Å². The van der Waals surface area contributed by atoms with Crippen LogP contribution in [0.5, 0.6) is 11.5 Å². The van der Waals surface area contributed by atoms with Gasteiger partial charge in [-0.2, -0.15) is 0 Å². The predicted octanol–water partition coefficient (Wildman–Crippen LogP) is 5.10. The Bertz CT molecular complexity index is 1450. The molecule has 0 radical (unpaired) electrons. The van der Waals surface area contributed by atoms with Crippen LogP contribution >= 0.6 is 0 Å². The third-order valence-electron chi connectivity index (χ3n) is 5.69. The molecule has 4 rings (SSSR count). The highest BCUT2D eigenvalue weighted by molar-refractivity contribution is 7.90. The first-order valence-electron chi connectivity index (χ1n) is 11.7. The zero-order chi connectivity index (χ0) is 25.9. The van der Waals surface area contributed by atoms with Crippen LogP contribution in [0.25, 0.3) is 22.6 Å². The van der Waals surface area contributed by atoms with Gasteiger partial charge in [0.15, 0.2) is 15.7 Å². The summed E-state index contributed by atoms with van der Waals surface area (Å²) in [5.74, 6) is 1.57. The highest BCUT2D eigenvalue weighted by Crippen LogP contribution is 2.33. The first kappa shape index (κ1) is 26.0. The number of pyridine rings is 1. The van der Waals surface area contributed by atoms with Gasteiger partial charge in [0.05, 0.1) is 22.5 Å². The Kier molecular flexibility index (Phi) is 7.60. The van der Waals surface area contributed by atoms with Crippen LogP contribution in [0.15, 0.2) is 65.7 Å². The van der Waals surface area contributed by atoms with Crippen molar-refractivity contribution >= 4 is 28.9 Å². The molecule has 0 spiro atoms. The van der Waals surface area contributed by atoms with E-state index in [0.29, 0.717) is 47.4 Å². The van der Waals surface area contributed by atoms with Gasteiger partial charge < -0.3 is 14.6 Å². The van der Waals surface area contributed by atoms with E-state index >= 15 is 0 Å². The smallest absolute Gasteiger partial charge is 0.175 e. The van der Waals surface area contributed by atoms with E-state index in [9.17, 15) is 13.5 Å². The fourth-order valence-corrected chi connectivity index (χ4v) is 5.04. The summed E-state index contributed by atoms with van der Waals surface area (Å²) in [6.45, 7) is 7.64. The van der Waals surface area contributed by atoms with E-state index in [4.69, 9.17) is 14.5 Å². The summed E-state index contributed by atoms with van der Waals surface area (Å²) in [6.07, 6.45) is 2.88. The second kappa shape index (κ2) is 10.5. The molecule has 190 valence electrons. The van der Waals surface area contributed by atoms with Crippen molar-refractivity contribution in [1.82, 2.24) is 14.5 Å². The SMILES string of the molecule is C[Si](C)(C)CCOCn1c(-c2ccccn2)nc2cc(CO)c(Oc3ccc(S(C)(=O)=O)cc3)cc21. The summed E-state index contributed by atoms with van der Waals surface area (Å²) in [5.41, 5.74) is 2.75. The number of ether oxygens (including phenoxy) is 2. The molecule has 0 saturated heterocycles. The monoisotopic (exact) mass is 525 g/mol. The highest BCUT2D eigenvalue weighted by Gasteiger charge is 2.18. The molecule has 2 aromatic carbocycles. The topological polar surface area (TPSA) is 104 Å². The van der Waals surface area contributed by atoms with Crippen molar-refractivity contribution in [2.24, 2.45) is 0 Å². The minimum Gasteiger partial charge on any atom is -0.457 e. The molecule has 0 fully saturated rings. The molecule has 0 bridgehead atoms. The largest absolute Gasteiger partial charge is 0.457 e. The highest BCUT2D eigenvalue weighted by atomic mass is 32.2. The van der Waals surface area contributed by atoms with Gasteiger partial charge in [0.25, 0.3) is 0 Å². The molecule has 4 aromatic rings. The van der Waals surface area contributed by atoms with Crippen molar-refractivity contribution in [3.8, 4) is 23.0 Å². The number of hydrogen-bond donors (Lipinski definition) is 1. The van der Waals surface area contributed by atoms with E-state index in [2.05, 4.69) is 24.6 Å². The molecule has 0 amide bonds. The molecule has 8 nitrogen and oxygen atoms in total. The molecule has 10 heteroatoms. The zero-order valence-electron chi connectivity index (χ0n) is 20.9. The molecule has 0 saturated carbocycles. The molecule has 36 heavy (non-hydrogen) atoms. The molecule has 0 unspecified atom stereocenters. The summed E-state index contributed by atoms with van der Waals surface area (Å²) < 4.78 is 37.6. The third kappa shape index (κ3) is 6.19. The number of aliphatic hydroxyl groups is 1. The lowest BCUT2D eigenvalue weighted by Crippen LogP contribution is -2.22. The fourth-order valence-electron chi connectivity index (χ4n) is 3.65. The van der Waals surface area contributed by atoms with Crippen molar-refractivity contribution in [1.29, 1.82) is 0 Å². The van der Waals surface area contributed by atoms with Gasteiger partial charge in [0.2, 0.25) is 0 Å². The van der Waals surface area contributed by atoms with Crippen LogP contribution < -0.4 is 4.74 Å². The Labute approximate surface area is 212 Å². The van der Waals surface area contributed by atoms with Crippen molar-refractivity contribution in [2.75, 3.05) is 12.9 Å². The number of fused-ring (bicyclic) bond motifs is 1. The van der Waals surface area contributed by atoms with Crippen LogP contribution in [0, 0.1) is 0 Å². The predicted molar refractivity (Wildman–Crippen MR) is 143 cm³/mol.